The molecule has 0 aliphatic rings. The number of benzene rings is 1. The predicted octanol–water partition coefficient (Wildman–Crippen LogP) is 3.88. The van der Waals surface area contributed by atoms with Crippen LogP contribution in [-0.4, -0.2) is 6.54 Å². The summed E-state index contributed by atoms with van der Waals surface area (Å²) in [6, 6.07) is 5.14. The van der Waals surface area contributed by atoms with Gasteiger partial charge in [-0.05, 0) is 19.1 Å². The van der Waals surface area contributed by atoms with Gasteiger partial charge in [0.1, 0.15) is 5.58 Å². The Labute approximate surface area is 90.0 Å². The van der Waals surface area contributed by atoms with E-state index in [4.69, 9.17) is 4.42 Å². The van der Waals surface area contributed by atoms with Crippen LogP contribution < -0.4 is 5.32 Å². The maximum atomic E-state index is 12.4. The molecule has 0 atom stereocenters. The van der Waals surface area contributed by atoms with Crippen LogP contribution >= 0.6 is 0 Å². The van der Waals surface area contributed by atoms with E-state index in [0.29, 0.717) is 17.8 Å². The second kappa shape index (κ2) is 3.73. The highest BCUT2D eigenvalue weighted by molar-refractivity contribution is 5.81. The van der Waals surface area contributed by atoms with E-state index in [-0.39, 0.29) is 5.58 Å². The molecule has 0 spiro atoms. The van der Waals surface area contributed by atoms with Crippen LogP contribution in [0.5, 0.6) is 0 Å². The standard InChI is InChI=1S/C11H10F3NO/c1-2-15-10-5-7-3-4-8(11(12,13)14)6-9(7)16-10/h3-6,15H,2H2,1H3. The molecule has 2 rings (SSSR count). The zero-order valence-corrected chi connectivity index (χ0v) is 8.56. The lowest BCUT2D eigenvalue weighted by atomic mass is 10.1. The van der Waals surface area contributed by atoms with Crippen molar-refractivity contribution in [2.24, 2.45) is 0 Å². The number of fused-ring (bicyclic) bond motifs is 1. The summed E-state index contributed by atoms with van der Waals surface area (Å²) in [5, 5.41) is 3.56. The average molecular weight is 229 g/mol. The number of rotatable bonds is 2. The van der Waals surface area contributed by atoms with Crippen molar-refractivity contribution >= 4 is 16.9 Å². The van der Waals surface area contributed by atoms with E-state index in [0.717, 1.165) is 12.1 Å². The lowest BCUT2D eigenvalue weighted by molar-refractivity contribution is -0.137. The molecular formula is C11H10F3NO. The van der Waals surface area contributed by atoms with E-state index >= 15 is 0 Å². The molecule has 0 amide bonds. The Morgan fingerprint density at radius 2 is 2.00 bits per heavy atom. The third-order valence-corrected chi connectivity index (χ3v) is 2.20. The molecule has 5 heteroatoms. The third-order valence-electron chi connectivity index (χ3n) is 2.20. The summed E-state index contributed by atoms with van der Waals surface area (Å²) < 4.78 is 42.5. The van der Waals surface area contributed by atoms with Gasteiger partial charge >= 0.3 is 6.18 Å². The van der Waals surface area contributed by atoms with E-state index in [1.807, 2.05) is 6.92 Å². The molecule has 0 saturated heterocycles. The summed E-state index contributed by atoms with van der Waals surface area (Å²) in [5.74, 6) is 0.483. The molecule has 2 nitrogen and oxygen atoms in total. The summed E-state index contributed by atoms with van der Waals surface area (Å²) in [6.45, 7) is 2.54. The van der Waals surface area contributed by atoms with Gasteiger partial charge < -0.3 is 9.73 Å². The largest absolute Gasteiger partial charge is 0.441 e. The number of nitrogens with one attached hydrogen (secondary N) is 1. The first kappa shape index (κ1) is 10.9. The van der Waals surface area contributed by atoms with E-state index < -0.39 is 11.7 Å². The lowest BCUT2D eigenvalue weighted by Crippen LogP contribution is -2.03. The second-order valence-electron chi connectivity index (χ2n) is 3.39. The summed E-state index contributed by atoms with van der Waals surface area (Å²) in [5.41, 5.74) is -0.455. The summed E-state index contributed by atoms with van der Waals surface area (Å²) >= 11 is 0. The Bertz CT molecular complexity index is 501. The quantitative estimate of drug-likeness (QED) is 0.845. The molecule has 1 N–H and O–H groups in total. The molecule has 16 heavy (non-hydrogen) atoms. The highest BCUT2D eigenvalue weighted by Crippen LogP contribution is 2.33. The van der Waals surface area contributed by atoms with E-state index in [2.05, 4.69) is 5.32 Å². The molecule has 0 aliphatic heterocycles. The van der Waals surface area contributed by atoms with Gasteiger partial charge in [-0.3, -0.25) is 0 Å². The molecule has 1 aromatic heterocycles. The maximum absolute atomic E-state index is 12.4. The third kappa shape index (κ3) is 1.98. The molecule has 2 aromatic rings. The number of alkyl halides is 3. The van der Waals surface area contributed by atoms with Gasteiger partial charge in [-0.1, -0.05) is 6.07 Å². The van der Waals surface area contributed by atoms with E-state index in [9.17, 15) is 13.2 Å². The minimum absolute atomic E-state index is 0.241. The van der Waals surface area contributed by atoms with E-state index in [1.165, 1.54) is 6.07 Å². The number of furan rings is 1. The second-order valence-corrected chi connectivity index (χ2v) is 3.39. The van der Waals surface area contributed by atoms with Crippen LogP contribution in [0.25, 0.3) is 11.0 Å². The molecule has 0 fully saturated rings. The average Bonchev–Trinajstić information content (AvgIpc) is 2.57. The summed E-state index contributed by atoms with van der Waals surface area (Å²) in [6.07, 6.45) is -4.33. The molecule has 0 unspecified atom stereocenters. The first-order valence-electron chi connectivity index (χ1n) is 4.85. The Kier molecular flexibility index (Phi) is 2.53. The van der Waals surface area contributed by atoms with Gasteiger partial charge in [0, 0.05) is 18.0 Å². The monoisotopic (exact) mass is 229 g/mol. The molecule has 0 saturated carbocycles. The van der Waals surface area contributed by atoms with Crippen molar-refractivity contribution in [2.75, 3.05) is 11.9 Å². The van der Waals surface area contributed by atoms with Gasteiger partial charge in [0.2, 0.25) is 0 Å². The minimum Gasteiger partial charge on any atom is -0.441 e. The van der Waals surface area contributed by atoms with Crippen LogP contribution in [-0.2, 0) is 6.18 Å². The van der Waals surface area contributed by atoms with Gasteiger partial charge in [-0.25, -0.2) is 0 Å². The number of hydrogen-bond acceptors (Lipinski definition) is 2. The van der Waals surface area contributed by atoms with Crippen LogP contribution in [0.4, 0.5) is 19.1 Å². The van der Waals surface area contributed by atoms with Crippen molar-refractivity contribution < 1.29 is 17.6 Å². The van der Waals surface area contributed by atoms with Crippen molar-refractivity contribution in [1.82, 2.24) is 0 Å². The van der Waals surface area contributed by atoms with Crippen molar-refractivity contribution in [3.63, 3.8) is 0 Å². The predicted molar refractivity (Wildman–Crippen MR) is 55.4 cm³/mol. The minimum atomic E-state index is -4.33. The molecule has 1 aromatic carbocycles. The highest BCUT2D eigenvalue weighted by Gasteiger charge is 2.30. The van der Waals surface area contributed by atoms with Crippen LogP contribution in [0.2, 0.25) is 0 Å². The van der Waals surface area contributed by atoms with Gasteiger partial charge in [0.25, 0.3) is 0 Å². The number of halogens is 3. The van der Waals surface area contributed by atoms with Crippen molar-refractivity contribution in [3.8, 4) is 0 Å². The molecule has 0 radical (unpaired) electrons. The fourth-order valence-electron chi connectivity index (χ4n) is 1.47. The number of anilines is 1. The molecule has 0 bridgehead atoms. The van der Waals surface area contributed by atoms with E-state index in [1.54, 1.807) is 6.07 Å². The fourth-order valence-corrected chi connectivity index (χ4v) is 1.47. The maximum Gasteiger partial charge on any atom is 0.416 e. The topological polar surface area (TPSA) is 25.2 Å². The first-order chi connectivity index (χ1) is 7.50. The molecule has 1 heterocycles. The molecule has 86 valence electrons. The molecule has 0 aliphatic carbocycles. The smallest absolute Gasteiger partial charge is 0.416 e. The lowest BCUT2D eigenvalue weighted by Gasteiger charge is -2.04. The van der Waals surface area contributed by atoms with Gasteiger partial charge in [-0.15, -0.1) is 0 Å². The van der Waals surface area contributed by atoms with Gasteiger partial charge in [-0.2, -0.15) is 13.2 Å². The van der Waals surface area contributed by atoms with Gasteiger partial charge in [0.15, 0.2) is 5.88 Å². The Balaban J connectivity index is 2.46. The summed E-state index contributed by atoms with van der Waals surface area (Å²) in [4.78, 5) is 0. The highest BCUT2D eigenvalue weighted by atomic mass is 19.4. The van der Waals surface area contributed by atoms with Crippen molar-refractivity contribution in [1.29, 1.82) is 0 Å². The van der Waals surface area contributed by atoms with Crippen LogP contribution in [0.15, 0.2) is 28.7 Å². The van der Waals surface area contributed by atoms with Gasteiger partial charge in [0.05, 0.1) is 5.56 Å². The number of hydrogen-bond donors (Lipinski definition) is 1. The SMILES string of the molecule is CCNc1cc2ccc(C(F)(F)F)cc2o1. The Morgan fingerprint density at radius 1 is 1.25 bits per heavy atom. The van der Waals surface area contributed by atoms with Crippen molar-refractivity contribution in [2.45, 2.75) is 13.1 Å². The Hall–Kier alpha value is -1.65. The van der Waals surface area contributed by atoms with Crippen LogP contribution in [0.3, 0.4) is 0 Å². The zero-order chi connectivity index (χ0) is 11.8. The normalized spacial score (nSPS) is 12.0. The molecular weight excluding hydrogens is 219 g/mol. The Morgan fingerprint density at radius 3 is 2.62 bits per heavy atom. The summed E-state index contributed by atoms with van der Waals surface area (Å²) in [7, 11) is 0. The first-order valence-corrected chi connectivity index (χ1v) is 4.85. The van der Waals surface area contributed by atoms with Crippen LogP contribution in [0.1, 0.15) is 12.5 Å². The van der Waals surface area contributed by atoms with Crippen molar-refractivity contribution in [3.05, 3.63) is 29.8 Å². The van der Waals surface area contributed by atoms with Crippen LogP contribution in [0, 0.1) is 0 Å². The fraction of sp³-hybridized carbons (Fsp3) is 0.273. The zero-order valence-electron chi connectivity index (χ0n) is 8.56.